The van der Waals surface area contributed by atoms with Gasteiger partial charge in [-0.1, -0.05) is 12.1 Å². The fourth-order valence-corrected chi connectivity index (χ4v) is 2.96. The summed E-state index contributed by atoms with van der Waals surface area (Å²) in [6.45, 7) is 0. The van der Waals surface area contributed by atoms with Crippen molar-refractivity contribution in [2.75, 3.05) is 5.32 Å². The van der Waals surface area contributed by atoms with Gasteiger partial charge in [0.05, 0.1) is 5.69 Å². The largest absolute Gasteiger partial charge is 0.321 e. The van der Waals surface area contributed by atoms with Crippen LogP contribution >= 0.6 is 11.3 Å². The van der Waals surface area contributed by atoms with E-state index in [-0.39, 0.29) is 17.2 Å². The average molecular weight is 337 g/mol. The van der Waals surface area contributed by atoms with E-state index in [1.807, 2.05) is 34.3 Å². The number of nitrogens with one attached hydrogen (secondary N) is 2. The molecule has 4 aromatic rings. The van der Waals surface area contributed by atoms with E-state index in [0.29, 0.717) is 5.69 Å². The molecule has 0 aliphatic heterocycles. The topological polar surface area (TPSA) is 92.2 Å². The van der Waals surface area contributed by atoms with Crippen molar-refractivity contribution in [2.45, 2.75) is 0 Å². The number of aromatic amines is 1. The van der Waals surface area contributed by atoms with Gasteiger partial charge in [-0.15, -0.1) is 11.3 Å². The molecule has 0 aliphatic carbocycles. The minimum atomic E-state index is -0.387. The van der Waals surface area contributed by atoms with Crippen LogP contribution in [0.25, 0.3) is 16.2 Å². The van der Waals surface area contributed by atoms with Crippen molar-refractivity contribution in [3.8, 4) is 11.3 Å². The molecule has 8 heteroatoms. The van der Waals surface area contributed by atoms with Gasteiger partial charge in [-0.2, -0.15) is 5.10 Å². The molecule has 1 aromatic carbocycles. The van der Waals surface area contributed by atoms with Crippen LogP contribution in [0.1, 0.15) is 10.5 Å². The second-order valence-electron chi connectivity index (χ2n) is 5.06. The summed E-state index contributed by atoms with van der Waals surface area (Å²) in [6, 6.07) is 10.0. The van der Waals surface area contributed by atoms with Crippen LogP contribution in [0.15, 0.2) is 59.0 Å². The quantitative estimate of drug-likeness (QED) is 0.600. The van der Waals surface area contributed by atoms with Crippen LogP contribution in [0.5, 0.6) is 0 Å². The molecule has 0 radical (unpaired) electrons. The van der Waals surface area contributed by atoms with Crippen molar-refractivity contribution < 1.29 is 4.79 Å². The van der Waals surface area contributed by atoms with Crippen molar-refractivity contribution in [1.82, 2.24) is 19.6 Å². The number of carbonyl (C=O) groups is 1. The Bertz CT molecular complexity index is 1030. The Morgan fingerprint density at radius 1 is 1.17 bits per heavy atom. The predicted molar refractivity (Wildman–Crippen MR) is 91.3 cm³/mol. The molecule has 0 fully saturated rings. The minimum Gasteiger partial charge on any atom is -0.321 e. The molecule has 0 atom stereocenters. The molecular formula is C16H11N5O2S. The highest BCUT2D eigenvalue weighted by atomic mass is 32.1. The molecule has 0 bridgehead atoms. The van der Waals surface area contributed by atoms with Gasteiger partial charge in [0.1, 0.15) is 5.69 Å². The van der Waals surface area contributed by atoms with E-state index in [9.17, 15) is 9.59 Å². The lowest BCUT2D eigenvalue weighted by molar-refractivity contribution is 0.102. The Morgan fingerprint density at radius 3 is 2.71 bits per heavy atom. The van der Waals surface area contributed by atoms with E-state index < -0.39 is 0 Å². The van der Waals surface area contributed by atoms with Gasteiger partial charge in [-0.25, -0.2) is 10.1 Å². The molecule has 3 aromatic heterocycles. The maximum atomic E-state index is 12.1. The standard InChI is InChI=1S/C16H11N5O2S/c22-14-6-5-12(19-20-14)15(23)17-11-3-1-10(2-4-11)13-9-21-7-8-24-16(21)18-13/h1-9H,(H,17,23)(H,20,22). The number of hydrogen-bond donors (Lipinski definition) is 2. The lowest BCUT2D eigenvalue weighted by atomic mass is 10.1. The summed E-state index contributed by atoms with van der Waals surface area (Å²) in [5, 5.41) is 10.6. The second-order valence-corrected chi connectivity index (χ2v) is 5.93. The van der Waals surface area contributed by atoms with E-state index in [0.717, 1.165) is 16.2 Å². The first kappa shape index (κ1) is 14.3. The smallest absolute Gasteiger partial charge is 0.276 e. The first-order valence-corrected chi connectivity index (χ1v) is 7.97. The highest BCUT2D eigenvalue weighted by Crippen LogP contribution is 2.23. The van der Waals surface area contributed by atoms with Crippen molar-refractivity contribution in [1.29, 1.82) is 0 Å². The Kier molecular flexibility index (Phi) is 3.43. The molecule has 0 unspecified atom stereocenters. The Balaban J connectivity index is 1.53. The molecule has 4 rings (SSSR count). The molecule has 24 heavy (non-hydrogen) atoms. The number of anilines is 1. The first-order chi connectivity index (χ1) is 11.7. The van der Waals surface area contributed by atoms with E-state index in [1.54, 1.807) is 23.5 Å². The number of imidazole rings is 1. The van der Waals surface area contributed by atoms with Gasteiger partial charge >= 0.3 is 0 Å². The molecule has 0 aliphatic rings. The van der Waals surface area contributed by atoms with Crippen LogP contribution < -0.4 is 10.9 Å². The van der Waals surface area contributed by atoms with Crippen molar-refractivity contribution in [3.05, 3.63) is 70.2 Å². The number of rotatable bonds is 3. The Labute approximate surface area is 139 Å². The number of hydrogen-bond acceptors (Lipinski definition) is 5. The summed E-state index contributed by atoms with van der Waals surface area (Å²) in [4.78, 5) is 28.5. The number of thiazole rings is 1. The third-order valence-corrected chi connectivity index (χ3v) is 4.21. The molecule has 0 saturated carbocycles. The molecule has 2 N–H and O–H groups in total. The zero-order chi connectivity index (χ0) is 16.5. The fraction of sp³-hybridized carbons (Fsp3) is 0. The van der Waals surface area contributed by atoms with Crippen LogP contribution in [0.3, 0.4) is 0 Å². The third kappa shape index (κ3) is 2.70. The highest BCUT2D eigenvalue weighted by molar-refractivity contribution is 7.15. The summed E-state index contributed by atoms with van der Waals surface area (Å²) in [7, 11) is 0. The molecular weight excluding hydrogens is 326 g/mol. The lowest BCUT2D eigenvalue weighted by Gasteiger charge is -2.05. The van der Waals surface area contributed by atoms with Crippen LogP contribution in [-0.4, -0.2) is 25.5 Å². The number of H-pyrrole nitrogens is 1. The monoisotopic (exact) mass is 337 g/mol. The van der Waals surface area contributed by atoms with Crippen molar-refractivity contribution in [2.24, 2.45) is 0 Å². The number of benzene rings is 1. The van der Waals surface area contributed by atoms with E-state index in [1.165, 1.54) is 12.1 Å². The molecule has 118 valence electrons. The number of carbonyl (C=O) groups excluding carboxylic acids is 1. The molecule has 0 saturated heterocycles. The van der Waals surface area contributed by atoms with Gasteiger partial charge < -0.3 is 5.32 Å². The normalized spacial score (nSPS) is 10.8. The van der Waals surface area contributed by atoms with Gasteiger partial charge in [0.25, 0.3) is 11.5 Å². The van der Waals surface area contributed by atoms with Crippen LogP contribution in [0.2, 0.25) is 0 Å². The molecule has 3 heterocycles. The maximum Gasteiger partial charge on any atom is 0.276 e. The van der Waals surface area contributed by atoms with Gasteiger partial charge in [0.2, 0.25) is 0 Å². The van der Waals surface area contributed by atoms with Crippen LogP contribution in [-0.2, 0) is 0 Å². The zero-order valence-corrected chi connectivity index (χ0v) is 13.1. The summed E-state index contributed by atoms with van der Waals surface area (Å²) in [5.74, 6) is -0.387. The lowest BCUT2D eigenvalue weighted by Crippen LogP contribution is -2.17. The van der Waals surface area contributed by atoms with E-state index in [4.69, 9.17) is 0 Å². The number of aromatic nitrogens is 4. The van der Waals surface area contributed by atoms with Crippen LogP contribution in [0, 0.1) is 0 Å². The van der Waals surface area contributed by atoms with E-state index in [2.05, 4.69) is 20.5 Å². The molecule has 0 spiro atoms. The summed E-state index contributed by atoms with van der Waals surface area (Å²) < 4.78 is 1.97. The minimum absolute atomic E-state index is 0.146. The summed E-state index contributed by atoms with van der Waals surface area (Å²) in [5.41, 5.74) is 2.27. The van der Waals surface area contributed by atoms with Crippen LogP contribution in [0.4, 0.5) is 5.69 Å². The number of fused-ring (bicyclic) bond motifs is 1. The average Bonchev–Trinajstić information content (AvgIpc) is 3.18. The summed E-state index contributed by atoms with van der Waals surface area (Å²) in [6.07, 6.45) is 3.92. The SMILES string of the molecule is O=C(Nc1ccc(-c2cn3ccsc3n2)cc1)c1ccc(=O)[nH]n1. The molecule has 7 nitrogen and oxygen atoms in total. The maximum absolute atomic E-state index is 12.1. The van der Waals surface area contributed by atoms with Gasteiger partial charge in [-0.05, 0) is 18.2 Å². The Hall–Kier alpha value is -3.26. The second kappa shape index (κ2) is 5.74. The van der Waals surface area contributed by atoms with Gasteiger partial charge in [0.15, 0.2) is 4.96 Å². The number of nitrogens with zero attached hydrogens (tertiary/aromatic N) is 3. The van der Waals surface area contributed by atoms with Crippen molar-refractivity contribution in [3.63, 3.8) is 0 Å². The Morgan fingerprint density at radius 2 is 2.00 bits per heavy atom. The number of amides is 1. The zero-order valence-electron chi connectivity index (χ0n) is 12.3. The molecule has 1 amide bonds. The van der Waals surface area contributed by atoms with Crippen molar-refractivity contribution >= 4 is 27.9 Å². The third-order valence-electron chi connectivity index (χ3n) is 3.44. The van der Waals surface area contributed by atoms with Gasteiger partial charge in [-0.3, -0.25) is 14.0 Å². The highest BCUT2D eigenvalue weighted by Gasteiger charge is 2.09. The van der Waals surface area contributed by atoms with Gasteiger partial charge in [0, 0.05) is 35.1 Å². The predicted octanol–water partition coefficient (Wildman–Crippen LogP) is 2.40. The first-order valence-electron chi connectivity index (χ1n) is 7.09. The van der Waals surface area contributed by atoms with E-state index >= 15 is 0 Å². The summed E-state index contributed by atoms with van der Waals surface area (Å²) >= 11 is 1.58. The fourth-order valence-electron chi connectivity index (χ4n) is 2.26.